The van der Waals surface area contributed by atoms with E-state index in [1.807, 2.05) is 97.1 Å². The molecule has 0 spiro atoms. The SMILES string of the molecule is c1ccc(-c2nc(-c3ccccc3)nc(-c3cc4c(-c5ccccc5)nc5ccccc5c4c4nsnc34)n2)cc1. The van der Waals surface area contributed by atoms with Crippen LogP contribution in [0.5, 0.6) is 0 Å². The minimum atomic E-state index is 0.546. The largest absolute Gasteiger partial charge is 0.247 e. The van der Waals surface area contributed by atoms with Gasteiger partial charge in [0, 0.05) is 38.4 Å². The Hall–Kier alpha value is -5.40. The first-order chi connectivity index (χ1) is 20.3. The molecule has 0 saturated carbocycles. The standard InChI is InChI=1S/C34H20N6S/c1-4-12-21(13-5-1)29-25-20-26(30-31(40-41-39-30)28(25)24-18-10-11-19-27(24)35-29)34-37-32(22-14-6-2-7-15-22)36-33(38-34)23-16-8-3-9-17-23/h1-20H. The van der Waals surface area contributed by atoms with Gasteiger partial charge in [-0.05, 0) is 12.1 Å². The molecule has 5 aromatic carbocycles. The number of hydrogen-bond donors (Lipinski definition) is 0. The lowest BCUT2D eigenvalue weighted by molar-refractivity contribution is 1.08. The van der Waals surface area contributed by atoms with E-state index in [1.165, 1.54) is 11.7 Å². The van der Waals surface area contributed by atoms with Gasteiger partial charge in [-0.15, -0.1) is 0 Å². The lowest BCUT2D eigenvalue weighted by Gasteiger charge is -2.13. The summed E-state index contributed by atoms with van der Waals surface area (Å²) in [5, 5.41) is 3.05. The third-order valence-electron chi connectivity index (χ3n) is 7.19. The van der Waals surface area contributed by atoms with Crippen molar-refractivity contribution in [2.45, 2.75) is 0 Å². The van der Waals surface area contributed by atoms with E-state index in [0.29, 0.717) is 17.5 Å². The van der Waals surface area contributed by atoms with Crippen molar-refractivity contribution in [2.24, 2.45) is 0 Å². The maximum atomic E-state index is 5.13. The van der Waals surface area contributed by atoms with Crippen molar-refractivity contribution in [1.29, 1.82) is 0 Å². The van der Waals surface area contributed by atoms with E-state index >= 15 is 0 Å². The number of nitrogens with zero attached hydrogens (tertiary/aromatic N) is 6. The van der Waals surface area contributed by atoms with Gasteiger partial charge in [0.15, 0.2) is 17.5 Å². The van der Waals surface area contributed by atoms with E-state index in [1.54, 1.807) is 0 Å². The van der Waals surface area contributed by atoms with Crippen molar-refractivity contribution in [3.05, 3.63) is 121 Å². The molecule has 0 bridgehead atoms. The second-order valence-corrected chi connectivity index (χ2v) is 10.2. The molecular weight excluding hydrogens is 524 g/mol. The zero-order chi connectivity index (χ0) is 27.2. The number of rotatable bonds is 4. The predicted molar refractivity (Wildman–Crippen MR) is 165 cm³/mol. The van der Waals surface area contributed by atoms with Crippen molar-refractivity contribution in [3.63, 3.8) is 0 Å². The molecule has 41 heavy (non-hydrogen) atoms. The molecular formula is C34H20N6S. The minimum absolute atomic E-state index is 0.546. The highest BCUT2D eigenvalue weighted by Gasteiger charge is 2.21. The second-order valence-electron chi connectivity index (χ2n) is 9.69. The van der Waals surface area contributed by atoms with Crippen LogP contribution in [0.4, 0.5) is 0 Å². The molecule has 0 aliphatic rings. The average molecular weight is 545 g/mol. The van der Waals surface area contributed by atoms with Crippen molar-refractivity contribution in [2.75, 3.05) is 0 Å². The summed E-state index contributed by atoms with van der Waals surface area (Å²) in [6, 6.07) is 40.6. The van der Waals surface area contributed by atoms with E-state index in [-0.39, 0.29) is 0 Å². The molecule has 0 N–H and O–H groups in total. The first-order valence-corrected chi connectivity index (χ1v) is 14.0. The van der Waals surface area contributed by atoms with Crippen molar-refractivity contribution in [3.8, 4) is 45.4 Å². The zero-order valence-electron chi connectivity index (χ0n) is 21.6. The van der Waals surface area contributed by atoms with E-state index in [9.17, 15) is 0 Å². The lowest BCUT2D eigenvalue weighted by Crippen LogP contribution is -2.01. The fourth-order valence-electron chi connectivity index (χ4n) is 5.28. The Kier molecular flexibility index (Phi) is 5.53. The molecule has 3 aromatic heterocycles. The summed E-state index contributed by atoms with van der Waals surface area (Å²) in [5.74, 6) is 1.75. The molecule has 192 valence electrons. The van der Waals surface area contributed by atoms with E-state index < -0.39 is 0 Å². The molecule has 8 aromatic rings. The molecule has 0 atom stereocenters. The van der Waals surface area contributed by atoms with Crippen LogP contribution in [0.25, 0.3) is 78.1 Å². The fraction of sp³-hybridized carbons (Fsp3) is 0. The maximum absolute atomic E-state index is 5.13. The number of hydrogen-bond acceptors (Lipinski definition) is 7. The first-order valence-electron chi connectivity index (χ1n) is 13.2. The number of benzene rings is 5. The zero-order valence-corrected chi connectivity index (χ0v) is 22.5. The number of pyridine rings is 1. The average Bonchev–Trinajstić information content (AvgIpc) is 3.55. The van der Waals surface area contributed by atoms with Crippen LogP contribution in [-0.2, 0) is 0 Å². The Balaban J connectivity index is 1.48. The molecule has 0 amide bonds. The van der Waals surface area contributed by atoms with Crippen LogP contribution >= 0.6 is 11.7 Å². The van der Waals surface area contributed by atoms with E-state index in [0.717, 1.165) is 60.7 Å². The van der Waals surface area contributed by atoms with E-state index in [2.05, 4.69) is 24.3 Å². The first kappa shape index (κ1) is 23.5. The summed E-state index contributed by atoms with van der Waals surface area (Å²) in [6.07, 6.45) is 0. The van der Waals surface area contributed by atoms with Crippen molar-refractivity contribution in [1.82, 2.24) is 28.7 Å². The summed E-state index contributed by atoms with van der Waals surface area (Å²) in [4.78, 5) is 20.0. The molecule has 0 aliphatic carbocycles. The van der Waals surface area contributed by atoms with Gasteiger partial charge >= 0.3 is 0 Å². The van der Waals surface area contributed by atoms with Gasteiger partial charge in [0.1, 0.15) is 11.0 Å². The molecule has 0 saturated heterocycles. The highest BCUT2D eigenvalue weighted by atomic mass is 32.1. The molecule has 0 fully saturated rings. The highest BCUT2D eigenvalue weighted by molar-refractivity contribution is 7.00. The van der Waals surface area contributed by atoms with Crippen LogP contribution in [0.1, 0.15) is 0 Å². The third-order valence-corrected chi connectivity index (χ3v) is 7.72. The molecule has 0 unspecified atom stereocenters. The van der Waals surface area contributed by atoms with Gasteiger partial charge in [0.05, 0.1) is 22.9 Å². The Morgan fingerprint density at radius 2 is 0.976 bits per heavy atom. The molecule has 3 heterocycles. The summed E-state index contributed by atoms with van der Waals surface area (Å²) in [5.41, 5.74) is 7.05. The highest BCUT2D eigenvalue weighted by Crippen LogP contribution is 2.40. The van der Waals surface area contributed by atoms with Gasteiger partial charge in [-0.25, -0.2) is 19.9 Å². The Morgan fingerprint density at radius 1 is 0.439 bits per heavy atom. The van der Waals surface area contributed by atoms with Gasteiger partial charge in [0.2, 0.25) is 0 Å². The quantitative estimate of drug-likeness (QED) is 0.208. The summed E-state index contributed by atoms with van der Waals surface area (Å²) < 4.78 is 9.58. The molecule has 0 aliphatic heterocycles. The van der Waals surface area contributed by atoms with Crippen LogP contribution in [0.2, 0.25) is 0 Å². The van der Waals surface area contributed by atoms with Crippen LogP contribution < -0.4 is 0 Å². The Labute approximate surface area is 239 Å². The van der Waals surface area contributed by atoms with Crippen molar-refractivity contribution < 1.29 is 0 Å². The summed E-state index contributed by atoms with van der Waals surface area (Å²) in [7, 11) is 0. The molecule has 7 heteroatoms. The topological polar surface area (TPSA) is 77.3 Å². The second kappa shape index (κ2) is 9.66. The molecule has 6 nitrogen and oxygen atoms in total. The summed E-state index contributed by atoms with van der Waals surface area (Å²) >= 11 is 1.20. The number of para-hydroxylation sites is 1. The lowest BCUT2D eigenvalue weighted by atomic mass is 9.96. The summed E-state index contributed by atoms with van der Waals surface area (Å²) in [6.45, 7) is 0. The van der Waals surface area contributed by atoms with Gasteiger partial charge in [0.25, 0.3) is 0 Å². The minimum Gasteiger partial charge on any atom is -0.247 e. The molecule has 0 radical (unpaired) electrons. The van der Waals surface area contributed by atoms with E-state index in [4.69, 9.17) is 28.7 Å². The monoisotopic (exact) mass is 544 g/mol. The van der Waals surface area contributed by atoms with Gasteiger partial charge in [-0.2, -0.15) is 8.75 Å². The van der Waals surface area contributed by atoms with Gasteiger partial charge in [-0.1, -0.05) is 109 Å². The van der Waals surface area contributed by atoms with Crippen LogP contribution in [0.15, 0.2) is 121 Å². The fourth-order valence-corrected chi connectivity index (χ4v) is 5.85. The smallest absolute Gasteiger partial charge is 0.166 e. The Morgan fingerprint density at radius 3 is 1.63 bits per heavy atom. The van der Waals surface area contributed by atoms with Gasteiger partial charge in [-0.3, -0.25) is 0 Å². The number of fused-ring (bicyclic) bond motifs is 5. The predicted octanol–water partition coefficient (Wildman–Crippen LogP) is 8.25. The van der Waals surface area contributed by atoms with Crippen molar-refractivity contribution >= 4 is 44.4 Å². The molecule has 8 rings (SSSR count). The number of aromatic nitrogens is 6. The Bertz CT molecular complexity index is 2140. The maximum Gasteiger partial charge on any atom is 0.166 e. The third kappa shape index (κ3) is 4.02. The van der Waals surface area contributed by atoms with Gasteiger partial charge < -0.3 is 0 Å². The van der Waals surface area contributed by atoms with Crippen LogP contribution in [-0.4, -0.2) is 28.7 Å². The normalized spacial score (nSPS) is 11.4. The van der Waals surface area contributed by atoms with Crippen LogP contribution in [0.3, 0.4) is 0 Å². The van der Waals surface area contributed by atoms with Crippen LogP contribution in [0, 0.1) is 0 Å².